The largest absolute Gasteiger partial charge is 0.493 e. The number of hydrogen-bond acceptors (Lipinski definition) is 3. The molecule has 0 heterocycles. The van der Waals surface area contributed by atoms with E-state index in [4.69, 9.17) is 4.74 Å². The van der Waals surface area contributed by atoms with Crippen molar-refractivity contribution in [3.63, 3.8) is 0 Å². The summed E-state index contributed by atoms with van der Waals surface area (Å²) in [5.74, 6) is -0.621. The van der Waals surface area contributed by atoms with Crippen LogP contribution in [0.4, 0.5) is 0 Å². The molecule has 0 aliphatic rings. The van der Waals surface area contributed by atoms with Gasteiger partial charge in [0.05, 0.1) is 6.61 Å². The van der Waals surface area contributed by atoms with Crippen LogP contribution in [0.1, 0.15) is 18.3 Å². The van der Waals surface area contributed by atoms with Crippen molar-refractivity contribution in [1.29, 1.82) is 0 Å². The molecular weight excluding hydrogens is 331 g/mol. The fourth-order valence-electron chi connectivity index (χ4n) is 2.91. The van der Waals surface area contributed by atoms with Crippen molar-refractivity contribution < 1.29 is 14.4 Å². The van der Waals surface area contributed by atoms with Gasteiger partial charge in [0.2, 0.25) is 0 Å². The monoisotopic (exact) mass is 352 g/mol. The number of rotatable bonds is 6. The van der Waals surface area contributed by atoms with Crippen LogP contribution < -0.4 is 15.3 Å². The van der Waals surface area contributed by atoms with Crippen molar-refractivity contribution in [3.8, 4) is 5.75 Å². The second kappa shape index (κ2) is 7.69. The molecule has 1 N–H and O–H groups in total. The highest BCUT2D eigenvalue weighted by Crippen LogP contribution is 2.57. The first-order chi connectivity index (χ1) is 12.2. The first kappa shape index (κ1) is 17.5. The van der Waals surface area contributed by atoms with Crippen molar-refractivity contribution in [2.75, 3.05) is 6.61 Å². The van der Waals surface area contributed by atoms with Crippen LogP contribution in [-0.4, -0.2) is 11.7 Å². The van der Waals surface area contributed by atoms with Gasteiger partial charge in [-0.25, -0.2) is 0 Å². The van der Waals surface area contributed by atoms with Crippen molar-refractivity contribution in [3.05, 3.63) is 90.5 Å². The maximum atomic E-state index is 14.2. The molecule has 1 atom stereocenters. The minimum Gasteiger partial charge on any atom is -0.493 e. The number of hydrogen-bond donors (Lipinski definition) is 1. The van der Waals surface area contributed by atoms with Gasteiger partial charge in [-0.2, -0.15) is 0 Å². The molecule has 0 saturated heterocycles. The molecule has 0 aliphatic heterocycles. The molecule has 0 amide bonds. The Hall–Kier alpha value is -2.35. The van der Waals surface area contributed by atoms with E-state index in [9.17, 15) is 9.67 Å². The van der Waals surface area contributed by atoms with E-state index in [0.717, 1.165) is 0 Å². The summed E-state index contributed by atoms with van der Waals surface area (Å²) in [7, 11) is -3.31. The first-order valence-corrected chi connectivity index (χ1v) is 10.1. The van der Waals surface area contributed by atoms with Crippen LogP contribution in [0.15, 0.2) is 84.9 Å². The van der Waals surface area contributed by atoms with E-state index in [-0.39, 0.29) is 0 Å². The van der Waals surface area contributed by atoms with E-state index in [1.54, 1.807) is 36.4 Å². The van der Waals surface area contributed by atoms with Crippen LogP contribution >= 0.6 is 7.14 Å². The molecule has 0 bridgehead atoms. The van der Waals surface area contributed by atoms with Gasteiger partial charge in [-0.1, -0.05) is 78.9 Å². The molecule has 3 rings (SSSR count). The fourth-order valence-corrected chi connectivity index (χ4v) is 5.61. The second-order valence-corrected chi connectivity index (χ2v) is 8.51. The zero-order valence-corrected chi connectivity index (χ0v) is 15.0. The molecule has 0 radical (unpaired) electrons. The van der Waals surface area contributed by atoms with Gasteiger partial charge >= 0.3 is 0 Å². The molecule has 0 saturated carbocycles. The Morgan fingerprint density at radius 1 is 0.840 bits per heavy atom. The molecule has 0 fully saturated rings. The van der Waals surface area contributed by atoms with Gasteiger partial charge in [0, 0.05) is 16.2 Å². The average molecular weight is 352 g/mol. The highest BCUT2D eigenvalue weighted by atomic mass is 31.2. The maximum Gasteiger partial charge on any atom is 0.174 e. The van der Waals surface area contributed by atoms with Gasteiger partial charge in [0.15, 0.2) is 7.14 Å². The third-order valence-electron chi connectivity index (χ3n) is 4.12. The molecule has 0 spiro atoms. The summed E-state index contributed by atoms with van der Waals surface area (Å²) in [6.45, 7) is 2.36. The van der Waals surface area contributed by atoms with Gasteiger partial charge in [-0.15, -0.1) is 0 Å². The van der Waals surface area contributed by atoms with Crippen molar-refractivity contribution in [2.45, 2.75) is 12.8 Å². The van der Waals surface area contributed by atoms with Gasteiger partial charge in [-0.05, 0) is 13.0 Å². The summed E-state index contributed by atoms with van der Waals surface area (Å²) in [6, 6.07) is 25.6. The second-order valence-electron chi connectivity index (χ2n) is 5.67. The Balaban J connectivity index is 2.18. The normalized spacial score (nSPS) is 12.6. The van der Waals surface area contributed by atoms with Crippen LogP contribution in [0, 0.1) is 0 Å². The predicted octanol–water partition coefficient (Wildman–Crippen LogP) is 4.09. The topological polar surface area (TPSA) is 46.5 Å². The van der Waals surface area contributed by atoms with Gasteiger partial charge in [0.1, 0.15) is 11.6 Å². The van der Waals surface area contributed by atoms with Crippen LogP contribution in [-0.2, 0) is 4.57 Å². The van der Waals surface area contributed by atoms with Crippen LogP contribution in [0.25, 0.3) is 0 Å². The highest BCUT2D eigenvalue weighted by molar-refractivity contribution is 7.78. The van der Waals surface area contributed by atoms with Crippen LogP contribution in [0.2, 0.25) is 0 Å². The Bertz CT molecular complexity index is 819. The number of ether oxygens (including phenoxy) is 1. The van der Waals surface area contributed by atoms with E-state index >= 15 is 0 Å². The molecule has 3 aromatic carbocycles. The molecule has 0 aromatic heterocycles. The Morgan fingerprint density at radius 3 is 1.84 bits per heavy atom. The number of para-hydroxylation sites is 1. The predicted molar refractivity (Wildman–Crippen MR) is 102 cm³/mol. The number of aliphatic hydroxyl groups excluding tert-OH is 1. The molecule has 25 heavy (non-hydrogen) atoms. The van der Waals surface area contributed by atoms with Crippen LogP contribution in [0.3, 0.4) is 0 Å². The molecule has 128 valence electrons. The molecule has 4 heteroatoms. The zero-order valence-electron chi connectivity index (χ0n) is 14.1. The summed E-state index contributed by atoms with van der Waals surface area (Å²) in [5.41, 5.74) is 0.542. The van der Waals surface area contributed by atoms with E-state index in [1.807, 2.05) is 55.5 Å². The fraction of sp³-hybridized carbons (Fsp3) is 0.143. The summed E-state index contributed by atoms with van der Waals surface area (Å²) in [5, 5.41) is 12.5. The standard InChI is InChI=1S/C21H21O3P/c1-2-24-20-16-10-9-15-19(20)21(22)25(23,17-11-5-3-6-12-17)18-13-7-4-8-14-18/h3-16,21-22H,2H2,1H3/t21-/m1/s1. The lowest BCUT2D eigenvalue weighted by Crippen LogP contribution is -2.21. The molecule has 0 aliphatic carbocycles. The highest BCUT2D eigenvalue weighted by Gasteiger charge is 2.37. The van der Waals surface area contributed by atoms with Crippen molar-refractivity contribution >= 4 is 17.8 Å². The Labute approximate surface area is 148 Å². The van der Waals surface area contributed by atoms with E-state index in [1.165, 1.54) is 0 Å². The summed E-state index contributed by atoms with van der Waals surface area (Å²) in [6.07, 6.45) is 0. The minimum atomic E-state index is -3.31. The third kappa shape index (κ3) is 3.39. The summed E-state index contributed by atoms with van der Waals surface area (Å²) < 4.78 is 19.8. The third-order valence-corrected chi connectivity index (χ3v) is 7.22. The number of aliphatic hydroxyl groups is 1. The minimum absolute atomic E-state index is 0.477. The van der Waals surface area contributed by atoms with E-state index in [0.29, 0.717) is 28.5 Å². The lowest BCUT2D eigenvalue weighted by Gasteiger charge is -2.26. The quantitative estimate of drug-likeness (QED) is 0.680. The lowest BCUT2D eigenvalue weighted by atomic mass is 10.2. The lowest BCUT2D eigenvalue weighted by molar-refractivity contribution is 0.245. The maximum absolute atomic E-state index is 14.2. The van der Waals surface area contributed by atoms with E-state index < -0.39 is 13.0 Å². The molecular formula is C21H21O3P. The Kier molecular flexibility index (Phi) is 5.37. The smallest absolute Gasteiger partial charge is 0.174 e. The SMILES string of the molecule is CCOc1ccccc1[C@H](O)P(=O)(c1ccccc1)c1ccccc1. The summed E-state index contributed by atoms with van der Waals surface area (Å²) >= 11 is 0. The first-order valence-electron chi connectivity index (χ1n) is 8.28. The number of benzene rings is 3. The Morgan fingerprint density at radius 2 is 1.32 bits per heavy atom. The van der Waals surface area contributed by atoms with Crippen LogP contribution in [0.5, 0.6) is 5.75 Å². The van der Waals surface area contributed by atoms with Gasteiger partial charge in [0.25, 0.3) is 0 Å². The summed E-state index contributed by atoms with van der Waals surface area (Å²) in [4.78, 5) is 0. The average Bonchev–Trinajstić information content (AvgIpc) is 2.69. The van der Waals surface area contributed by atoms with Crippen molar-refractivity contribution in [1.82, 2.24) is 0 Å². The zero-order chi connectivity index (χ0) is 17.7. The van der Waals surface area contributed by atoms with Crippen molar-refractivity contribution in [2.24, 2.45) is 0 Å². The van der Waals surface area contributed by atoms with Gasteiger partial charge < -0.3 is 14.4 Å². The molecule has 3 aromatic rings. The van der Waals surface area contributed by atoms with E-state index in [2.05, 4.69) is 0 Å². The molecule has 3 nitrogen and oxygen atoms in total. The molecule has 0 unspecified atom stereocenters. The van der Waals surface area contributed by atoms with Gasteiger partial charge in [-0.3, -0.25) is 0 Å².